The van der Waals surface area contributed by atoms with Gasteiger partial charge in [-0.25, -0.2) is 10.4 Å². The summed E-state index contributed by atoms with van der Waals surface area (Å²) in [5.74, 6) is -0.271. The van der Waals surface area contributed by atoms with Crippen LogP contribution in [-0.2, 0) is 0 Å². The SMILES string of the molecule is O=C(NN=Cc1cccc2ccccc12)c1cc(-c2ccccc2)nc2ccccc12. The van der Waals surface area contributed by atoms with Gasteiger partial charge in [-0.3, -0.25) is 4.79 Å². The Morgan fingerprint density at radius 1 is 0.774 bits per heavy atom. The highest BCUT2D eigenvalue weighted by Gasteiger charge is 2.13. The molecular weight excluding hydrogens is 382 g/mol. The molecule has 0 radical (unpaired) electrons. The fourth-order valence-corrected chi connectivity index (χ4v) is 3.70. The Morgan fingerprint density at radius 3 is 2.35 bits per heavy atom. The second-order valence-corrected chi connectivity index (χ2v) is 7.21. The van der Waals surface area contributed by atoms with Crippen LogP contribution in [0.1, 0.15) is 15.9 Å². The van der Waals surface area contributed by atoms with Crippen LogP contribution in [0.15, 0.2) is 108 Å². The maximum atomic E-state index is 13.0. The number of benzene rings is 4. The molecule has 1 aromatic heterocycles. The van der Waals surface area contributed by atoms with Crippen molar-refractivity contribution < 1.29 is 4.79 Å². The lowest BCUT2D eigenvalue weighted by Crippen LogP contribution is -2.18. The molecule has 148 valence electrons. The summed E-state index contributed by atoms with van der Waals surface area (Å²) in [6, 6.07) is 33.4. The molecule has 31 heavy (non-hydrogen) atoms. The molecule has 0 aliphatic carbocycles. The van der Waals surface area contributed by atoms with Gasteiger partial charge in [0.15, 0.2) is 0 Å². The number of pyridine rings is 1. The predicted molar refractivity (Wildman–Crippen MR) is 126 cm³/mol. The van der Waals surface area contributed by atoms with E-state index >= 15 is 0 Å². The lowest BCUT2D eigenvalue weighted by molar-refractivity contribution is 0.0956. The summed E-state index contributed by atoms with van der Waals surface area (Å²) < 4.78 is 0. The quantitative estimate of drug-likeness (QED) is 0.305. The number of hydrogen-bond donors (Lipinski definition) is 1. The molecule has 0 aliphatic heterocycles. The molecule has 0 bridgehead atoms. The maximum absolute atomic E-state index is 13.0. The first-order valence-electron chi connectivity index (χ1n) is 10.1. The summed E-state index contributed by atoms with van der Waals surface area (Å²) in [7, 11) is 0. The molecule has 0 atom stereocenters. The number of nitrogens with one attached hydrogen (secondary N) is 1. The van der Waals surface area contributed by atoms with Crippen LogP contribution in [0.25, 0.3) is 32.9 Å². The van der Waals surface area contributed by atoms with Crippen molar-refractivity contribution in [1.29, 1.82) is 0 Å². The molecule has 5 aromatic rings. The van der Waals surface area contributed by atoms with Gasteiger partial charge in [0.25, 0.3) is 5.91 Å². The van der Waals surface area contributed by atoms with Crippen LogP contribution in [0.5, 0.6) is 0 Å². The summed E-state index contributed by atoms with van der Waals surface area (Å²) in [6.45, 7) is 0. The van der Waals surface area contributed by atoms with Crippen molar-refractivity contribution in [3.63, 3.8) is 0 Å². The van der Waals surface area contributed by atoms with Crippen molar-refractivity contribution in [2.75, 3.05) is 0 Å². The fraction of sp³-hybridized carbons (Fsp3) is 0. The van der Waals surface area contributed by atoms with Crippen LogP contribution in [-0.4, -0.2) is 17.1 Å². The van der Waals surface area contributed by atoms with Gasteiger partial charge in [0.1, 0.15) is 0 Å². The van der Waals surface area contributed by atoms with Crippen LogP contribution >= 0.6 is 0 Å². The largest absolute Gasteiger partial charge is 0.272 e. The monoisotopic (exact) mass is 401 g/mol. The van der Waals surface area contributed by atoms with E-state index in [1.54, 1.807) is 6.21 Å². The van der Waals surface area contributed by atoms with Gasteiger partial charge in [-0.1, -0.05) is 91.0 Å². The lowest BCUT2D eigenvalue weighted by Gasteiger charge is -2.09. The van der Waals surface area contributed by atoms with E-state index in [2.05, 4.69) is 22.7 Å². The molecule has 0 aliphatic rings. The Hall–Kier alpha value is -4.31. The molecule has 1 N–H and O–H groups in total. The smallest absolute Gasteiger partial charge is 0.267 e. The predicted octanol–water partition coefficient (Wildman–Crippen LogP) is 5.82. The van der Waals surface area contributed by atoms with Gasteiger partial charge >= 0.3 is 0 Å². The molecule has 0 saturated heterocycles. The van der Waals surface area contributed by atoms with Gasteiger partial charge in [0, 0.05) is 16.5 Å². The first kappa shape index (κ1) is 18.7. The Bertz CT molecular complexity index is 1420. The highest BCUT2D eigenvalue weighted by molar-refractivity contribution is 6.07. The molecule has 1 heterocycles. The van der Waals surface area contributed by atoms with Crippen molar-refractivity contribution in [3.05, 3.63) is 114 Å². The average molecular weight is 401 g/mol. The van der Waals surface area contributed by atoms with Crippen LogP contribution < -0.4 is 5.43 Å². The second-order valence-electron chi connectivity index (χ2n) is 7.21. The van der Waals surface area contributed by atoms with Crippen LogP contribution in [0.4, 0.5) is 0 Å². The first-order chi connectivity index (χ1) is 15.3. The average Bonchev–Trinajstić information content (AvgIpc) is 2.84. The van der Waals surface area contributed by atoms with Crippen molar-refractivity contribution >= 4 is 33.8 Å². The second kappa shape index (κ2) is 8.20. The minimum absolute atomic E-state index is 0.271. The summed E-state index contributed by atoms with van der Waals surface area (Å²) in [5, 5.41) is 7.24. The molecule has 4 aromatic carbocycles. The van der Waals surface area contributed by atoms with E-state index in [9.17, 15) is 4.79 Å². The van der Waals surface area contributed by atoms with Crippen molar-refractivity contribution in [2.24, 2.45) is 5.10 Å². The van der Waals surface area contributed by atoms with Crippen molar-refractivity contribution in [3.8, 4) is 11.3 Å². The Labute approximate surface area is 179 Å². The standard InChI is InChI=1S/C27H19N3O/c31-27(30-28-18-21-13-8-12-19-9-4-5-14-22(19)21)24-17-26(20-10-2-1-3-11-20)29-25-16-7-6-15-23(24)25/h1-18H,(H,30,31). The number of nitrogens with zero attached hydrogens (tertiary/aromatic N) is 2. The van der Waals surface area contributed by atoms with Crippen molar-refractivity contribution in [2.45, 2.75) is 0 Å². The third-order valence-corrected chi connectivity index (χ3v) is 5.22. The van der Waals surface area contributed by atoms with E-state index in [0.717, 1.165) is 38.5 Å². The van der Waals surface area contributed by atoms with E-state index in [-0.39, 0.29) is 5.91 Å². The maximum Gasteiger partial charge on any atom is 0.272 e. The van der Waals surface area contributed by atoms with E-state index in [4.69, 9.17) is 4.98 Å². The number of carbonyl (C=O) groups is 1. The molecule has 4 heteroatoms. The molecular formula is C27H19N3O. The summed E-state index contributed by atoms with van der Waals surface area (Å²) in [4.78, 5) is 17.8. The van der Waals surface area contributed by atoms with Gasteiger partial charge in [0.05, 0.1) is 23.0 Å². The van der Waals surface area contributed by atoms with Crippen LogP contribution in [0.2, 0.25) is 0 Å². The topological polar surface area (TPSA) is 54.4 Å². The highest BCUT2D eigenvalue weighted by Crippen LogP contribution is 2.25. The minimum Gasteiger partial charge on any atom is -0.267 e. The number of amides is 1. The third kappa shape index (κ3) is 3.79. The van der Waals surface area contributed by atoms with E-state index in [1.165, 1.54) is 0 Å². The van der Waals surface area contributed by atoms with Crippen LogP contribution in [0.3, 0.4) is 0 Å². The summed E-state index contributed by atoms with van der Waals surface area (Å²) in [5.41, 5.74) is 6.66. The molecule has 0 fully saturated rings. The molecule has 0 saturated carbocycles. The van der Waals surface area contributed by atoms with Gasteiger partial charge in [-0.05, 0) is 22.9 Å². The van der Waals surface area contributed by atoms with Gasteiger partial charge in [-0.2, -0.15) is 5.10 Å². The van der Waals surface area contributed by atoms with E-state index in [1.807, 2.05) is 91.0 Å². The number of para-hydroxylation sites is 1. The number of hydrogen-bond acceptors (Lipinski definition) is 3. The number of fused-ring (bicyclic) bond motifs is 2. The third-order valence-electron chi connectivity index (χ3n) is 5.22. The zero-order chi connectivity index (χ0) is 21.0. The molecule has 0 unspecified atom stereocenters. The Morgan fingerprint density at radius 2 is 1.48 bits per heavy atom. The number of hydrazone groups is 1. The van der Waals surface area contributed by atoms with Crippen molar-refractivity contribution in [1.82, 2.24) is 10.4 Å². The number of rotatable bonds is 4. The van der Waals surface area contributed by atoms with E-state index in [0.29, 0.717) is 5.56 Å². The number of aromatic nitrogens is 1. The summed E-state index contributed by atoms with van der Waals surface area (Å²) >= 11 is 0. The van der Waals surface area contributed by atoms with Gasteiger partial charge < -0.3 is 0 Å². The normalized spacial score (nSPS) is 11.2. The van der Waals surface area contributed by atoms with Gasteiger partial charge in [-0.15, -0.1) is 0 Å². The fourth-order valence-electron chi connectivity index (χ4n) is 3.70. The Kier molecular flexibility index (Phi) is 4.95. The minimum atomic E-state index is -0.271. The first-order valence-corrected chi connectivity index (χ1v) is 10.1. The molecule has 0 spiro atoms. The van der Waals surface area contributed by atoms with E-state index < -0.39 is 0 Å². The number of carbonyl (C=O) groups excluding carboxylic acids is 1. The zero-order valence-corrected chi connectivity index (χ0v) is 16.7. The molecule has 1 amide bonds. The van der Waals surface area contributed by atoms with Crippen LogP contribution in [0, 0.1) is 0 Å². The Balaban J connectivity index is 1.49. The van der Waals surface area contributed by atoms with Gasteiger partial charge in [0.2, 0.25) is 0 Å². The zero-order valence-electron chi connectivity index (χ0n) is 16.7. The lowest BCUT2D eigenvalue weighted by atomic mass is 10.0. The molecule has 4 nitrogen and oxygen atoms in total. The highest BCUT2D eigenvalue weighted by atomic mass is 16.2. The molecule has 5 rings (SSSR count). The summed E-state index contributed by atoms with van der Waals surface area (Å²) in [6.07, 6.45) is 1.68.